The van der Waals surface area contributed by atoms with Gasteiger partial charge in [-0.3, -0.25) is 0 Å². The summed E-state index contributed by atoms with van der Waals surface area (Å²) in [6, 6.07) is 50.3. The van der Waals surface area contributed by atoms with Crippen molar-refractivity contribution in [3.8, 4) is 45.3 Å². The largest absolute Gasteiger partial charge is 0.423 e. The molecule has 0 amide bonds. The van der Waals surface area contributed by atoms with Gasteiger partial charge in [0, 0.05) is 6.07 Å². The molecular formula is C68H74O8. The molecule has 0 saturated heterocycles. The minimum atomic E-state index is -0.654. The molecule has 394 valence electrons. The van der Waals surface area contributed by atoms with Crippen molar-refractivity contribution in [3.05, 3.63) is 203 Å². The fraction of sp³-hybridized carbons (Fsp3) is 0.324. The molecule has 0 spiro atoms. The summed E-state index contributed by atoms with van der Waals surface area (Å²) in [6.07, 6.45) is 26.0. The lowest BCUT2D eigenvalue weighted by Crippen LogP contribution is -2.11. The van der Waals surface area contributed by atoms with Crippen LogP contribution in [0.5, 0.6) is 23.0 Å². The van der Waals surface area contributed by atoms with Crippen LogP contribution in [0.3, 0.4) is 0 Å². The molecule has 76 heavy (non-hydrogen) atoms. The van der Waals surface area contributed by atoms with Crippen LogP contribution in [0.2, 0.25) is 0 Å². The number of hydrogen-bond acceptors (Lipinski definition) is 8. The highest BCUT2D eigenvalue weighted by Crippen LogP contribution is 2.27. The standard InChI is InChI=1S/C68H74O8/c1-3-5-7-9-11-13-15-17-19-22-51-26-30-53(31-27-51)55-34-38-57(39-35-55)65(69)73-61-46-42-59(43-47-61)67(71)75-63-24-21-25-64(50-63)76-68(72)60-44-48-62(49-45-60)74-66(70)58-40-36-56(37-41-58)54-32-28-52(29-33-54)23-20-18-16-14-12-10-8-6-4-2/h21,24-50H,3-20,22-23H2,1-2H3. The average molecular weight is 1020 g/mol. The van der Waals surface area contributed by atoms with Crippen LogP contribution in [0.25, 0.3) is 22.3 Å². The van der Waals surface area contributed by atoms with Crippen LogP contribution < -0.4 is 18.9 Å². The van der Waals surface area contributed by atoms with Crippen molar-refractivity contribution in [2.24, 2.45) is 0 Å². The number of hydrogen-bond donors (Lipinski definition) is 0. The number of unbranched alkanes of at least 4 members (excludes halogenated alkanes) is 16. The molecule has 0 aliphatic heterocycles. The van der Waals surface area contributed by atoms with Gasteiger partial charge < -0.3 is 18.9 Å². The van der Waals surface area contributed by atoms with E-state index in [9.17, 15) is 19.2 Å². The van der Waals surface area contributed by atoms with Crippen LogP contribution in [-0.2, 0) is 12.8 Å². The van der Waals surface area contributed by atoms with Gasteiger partial charge in [0.2, 0.25) is 0 Å². The Kier molecular flexibility index (Phi) is 22.7. The first-order chi connectivity index (χ1) is 37.2. The summed E-state index contributed by atoms with van der Waals surface area (Å²) in [6.45, 7) is 4.52. The number of carbonyl (C=O) groups is 4. The van der Waals surface area contributed by atoms with Crippen molar-refractivity contribution in [1.29, 1.82) is 0 Å². The predicted octanol–water partition coefficient (Wildman–Crippen LogP) is 18.0. The molecular weight excluding hydrogens is 945 g/mol. The summed E-state index contributed by atoms with van der Waals surface area (Å²) in [5.74, 6) is -1.48. The van der Waals surface area contributed by atoms with E-state index in [1.807, 2.05) is 24.3 Å². The molecule has 0 atom stereocenters. The highest BCUT2D eigenvalue weighted by Gasteiger charge is 2.16. The molecule has 0 fully saturated rings. The number of aryl methyl sites for hydroxylation is 2. The summed E-state index contributed by atoms with van der Waals surface area (Å²) in [7, 11) is 0. The molecule has 7 rings (SSSR count). The second kappa shape index (κ2) is 30.7. The van der Waals surface area contributed by atoms with E-state index in [4.69, 9.17) is 18.9 Å². The second-order valence-corrected chi connectivity index (χ2v) is 19.8. The molecule has 0 unspecified atom stereocenters. The Morgan fingerprint density at radius 3 is 0.829 bits per heavy atom. The molecule has 7 aromatic rings. The maximum Gasteiger partial charge on any atom is 0.343 e. The van der Waals surface area contributed by atoms with Gasteiger partial charge in [-0.1, -0.05) is 195 Å². The van der Waals surface area contributed by atoms with E-state index in [0.29, 0.717) is 11.1 Å². The summed E-state index contributed by atoms with van der Waals surface area (Å²) in [5.41, 5.74) is 8.14. The molecule has 0 radical (unpaired) electrons. The zero-order valence-electron chi connectivity index (χ0n) is 44.6. The van der Waals surface area contributed by atoms with Crippen LogP contribution in [0.1, 0.15) is 182 Å². The van der Waals surface area contributed by atoms with Crippen LogP contribution in [0, 0.1) is 0 Å². The van der Waals surface area contributed by atoms with Gasteiger partial charge >= 0.3 is 23.9 Å². The van der Waals surface area contributed by atoms with Gasteiger partial charge in [0.25, 0.3) is 0 Å². The van der Waals surface area contributed by atoms with E-state index in [1.165, 1.54) is 181 Å². The van der Waals surface area contributed by atoms with Gasteiger partial charge in [-0.15, -0.1) is 0 Å². The lowest BCUT2D eigenvalue weighted by molar-refractivity contribution is 0.0723. The third-order valence-corrected chi connectivity index (χ3v) is 13.8. The van der Waals surface area contributed by atoms with E-state index >= 15 is 0 Å². The SMILES string of the molecule is CCCCCCCCCCCc1ccc(-c2ccc(C(=O)Oc3ccc(C(=O)Oc4cccc(OC(=O)c5ccc(OC(=O)c6ccc(-c7ccc(CCCCCCCCCCC)cc7)cc6)cc5)c4)cc3)cc2)cc1. The molecule has 0 aliphatic rings. The van der Waals surface area contributed by atoms with Gasteiger partial charge in [0.05, 0.1) is 22.3 Å². The first kappa shape index (κ1) is 56.2. The lowest BCUT2D eigenvalue weighted by Gasteiger charge is -2.09. The molecule has 8 nitrogen and oxygen atoms in total. The van der Waals surface area contributed by atoms with E-state index in [0.717, 1.165) is 35.1 Å². The molecule has 8 heteroatoms. The molecule has 0 bridgehead atoms. The smallest absolute Gasteiger partial charge is 0.343 e. The molecule has 7 aromatic carbocycles. The number of ether oxygens (including phenoxy) is 4. The molecule has 0 heterocycles. The number of esters is 4. The second-order valence-electron chi connectivity index (χ2n) is 19.8. The molecule has 0 saturated carbocycles. The summed E-state index contributed by atoms with van der Waals surface area (Å²) in [4.78, 5) is 52.2. The van der Waals surface area contributed by atoms with Crippen molar-refractivity contribution in [2.75, 3.05) is 0 Å². The maximum absolute atomic E-state index is 13.1. The molecule has 0 aliphatic carbocycles. The molecule has 0 N–H and O–H groups in total. The predicted molar refractivity (Wildman–Crippen MR) is 305 cm³/mol. The normalized spacial score (nSPS) is 11.0. The van der Waals surface area contributed by atoms with E-state index in [2.05, 4.69) is 62.4 Å². The highest BCUT2D eigenvalue weighted by atomic mass is 16.6. The van der Waals surface area contributed by atoms with E-state index in [-0.39, 0.29) is 34.1 Å². The Morgan fingerprint density at radius 2 is 0.526 bits per heavy atom. The Balaban J connectivity index is 0.805. The van der Waals surface area contributed by atoms with Gasteiger partial charge in [0.1, 0.15) is 23.0 Å². The van der Waals surface area contributed by atoms with E-state index in [1.54, 1.807) is 42.5 Å². The summed E-state index contributed by atoms with van der Waals surface area (Å²) in [5, 5.41) is 0. The highest BCUT2D eigenvalue weighted by molar-refractivity contribution is 5.94. The topological polar surface area (TPSA) is 105 Å². The monoisotopic (exact) mass is 1020 g/mol. The van der Waals surface area contributed by atoms with Gasteiger partial charge in [-0.2, -0.15) is 0 Å². The minimum Gasteiger partial charge on any atom is -0.423 e. The van der Waals surface area contributed by atoms with Gasteiger partial charge in [0.15, 0.2) is 0 Å². The van der Waals surface area contributed by atoms with Gasteiger partial charge in [-0.05, 0) is 144 Å². The Labute approximate surface area is 450 Å². The number of carbonyl (C=O) groups excluding carboxylic acids is 4. The zero-order chi connectivity index (χ0) is 53.2. The summed E-state index contributed by atoms with van der Waals surface area (Å²) < 4.78 is 22.4. The third kappa shape index (κ3) is 18.4. The Bertz CT molecular complexity index is 2670. The summed E-state index contributed by atoms with van der Waals surface area (Å²) >= 11 is 0. The fourth-order valence-electron chi connectivity index (χ4n) is 9.19. The zero-order valence-corrected chi connectivity index (χ0v) is 44.6. The van der Waals surface area contributed by atoms with Crippen molar-refractivity contribution in [1.82, 2.24) is 0 Å². The minimum absolute atomic E-state index is 0.159. The Hall–Kier alpha value is -7.58. The Morgan fingerprint density at radius 1 is 0.276 bits per heavy atom. The van der Waals surface area contributed by atoms with Crippen LogP contribution in [0.4, 0.5) is 0 Å². The van der Waals surface area contributed by atoms with Crippen LogP contribution in [0.15, 0.2) is 170 Å². The van der Waals surface area contributed by atoms with Crippen molar-refractivity contribution >= 4 is 23.9 Å². The molecule has 0 aromatic heterocycles. The number of benzene rings is 7. The van der Waals surface area contributed by atoms with Crippen molar-refractivity contribution in [2.45, 2.75) is 142 Å². The first-order valence-electron chi connectivity index (χ1n) is 27.8. The van der Waals surface area contributed by atoms with Crippen LogP contribution in [-0.4, -0.2) is 23.9 Å². The van der Waals surface area contributed by atoms with E-state index < -0.39 is 23.9 Å². The number of rotatable bonds is 30. The lowest BCUT2D eigenvalue weighted by atomic mass is 10.00. The average Bonchev–Trinajstić information content (AvgIpc) is 3.45. The first-order valence-corrected chi connectivity index (χ1v) is 27.8. The van der Waals surface area contributed by atoms with Crippen molar-refractivity contribution < 1.29 is 38.1 Å². The maximum atomic E-state index is 13.1. The fourth-order valence-corrected chi connectivity index (χ4v) is 9.19. The van der Waals surface area contributed by atoms with Crippen molar-refractivity contribution in [3.63, 3.8) is 0 Å². The third-order valence-electron chi connectivity index (χ3n) is 13.8. The quantitative estimate of drug-likeness (QED) is 0.0249. The van der Waals surface area contributed by atoms with Crippen LogP contribution >= 0.6 is 0 Å². The van der Waals surface area contributed by atoms with Gasteiger partial charge in [-0.25, -0.2) is 19.2 Å².